The van der Waals surface area contributed by atoms with Gasteiger partial charge in [-0.1, -0.05) is 0 Å². The normalized spacial score (nSPS) is 25.2. The molecule has 3 heteroatoms. The molecule has 0 spiro atoms. The van der Waals surface area contributed by atoms with E-state index < -0.39 is 0 Å². The fourth-order valence-electron chi connectivity index (χ4n) is 2.66. The third kappa shape index (κ3) is 5.68. The number of likely N-dealkylation sites (tertiary alicyclic amines) is 1. The van der Waals surface area contributed by atoms with Crippen LogP contribution in [0.15, 0.2) is 0 Å². The van der Waals surface area contributed by atoms with Crippen molar-refractivity contribution in [1.29, 1.82) is 0 Å². The van der Waals surface area contributed by atoms with Gasteiger partial charge in [-0.3, -0.25) is 0 Å². The molecule has 0 radical (unpaired) electrons. The second kappa shape index (κ2) is 7.46. The fraction of sp³-hybridized carbons (Fsp3) is 1.00. The smallest absolute Gasteiger partial charge is 0.0518 e. The minimum atomic E-state index is 0.384. The molecule has 0 amide bonds. The second-order valence-electron chi connectivity index (χ2n) is 6.26. The average Bonchev–Trinajstić information content (AvgIpc) is 3.06. The van der Waals surface area contributed by atoms with E-state index >= 15 is 0 Å². The van der Waals surface area contributed by atoms with Crippen LogP contribution < -0.4 is 5.32 Å². The summed E-state index contributed by atoms with van der Waals surface area (Å²) in [4.78, 5) is 2.63. The highest BCUT2D eigenvalue weighted by Gasteiger charge is 2.25. The number of nitrogens with zero attached hydrogens (tertiary/aromatic N) is 1. The maximum atomic E-state index is 5.57. The minimum absolute atomic E-state index is 0.384. The van der Waals surface area contributed by atoms with Gasteiger partial charge in [-0.15, -0.1) is 0 Å². The van der Waals surface area contributed by atoms with Crippen LogP contribution in [0.1, 0.15) is 46.0 Å². The lowest BCUT2D eigenvalue weighted by atomic mass is 10.1. The highest BCUT2D eigenvalue weighted by Crippen LogP contribution is 2.21. The lowest BCUT2D eigenvalue weighted by Crippen LogP contribution is -2.28. The molecular weight excluding hydrogens is 224 g/mol. The van der Waals surface area contributed by atoms with Crippen LogP contribution in [-0.2, 0) is 4.74 Å². The summed E-state index contributed by atoms with van der Waals surface area (Å²) in [6.45, 7) is 10.3. The van der Waals surface area contributed by atoms with Crippen molar-refractivity contribution in [2.75, 3.05) is 32.8 Å². The zero-order valence-electron chi connectivity index (χ0n) is 12.2. The fourth-order valence-corrected chi connectivity index (χ4v) is 2.66. The van der Waals surface area contributed by atoms with Crippen molar-refractivity contribution in [3.8, 4) is 0 Å². The summed E-state index contributed by atoms with van der Waals surface area (Å²) < 4.78 is 5.57. The lowest BCUT2D eigenvalue weighted by molar-refractivity contribution is 0.0746. The summed E-state index contributed by atoms with van der Waals surface area (Å²) >= 11 is 0. The van der Waals surface area contributed by atoms with Crippen molar-refractivity contribution in [2.24, 2.45) is 5.92 Å². The summed E-state index contributed by atoms with van der Waals surface area (Å²) in [6.07, 6.45) is 7.09. The molecule has 0 aromatic heterocycles. The minimum Gasteiger partial charge on any atom is -0.379 e. The molecule has 3 nitrogen and oxygen atoms in total. The first kappa shape index (κ1) is 14.3. The molecule has 1 aliphatic heterocycles. The number of hydrogen-bond donors (Lipinski definition) is 1. The van der Waals surface area contributed by atoms with Crippen LogP contribution in [0.5, 0.6) is 0 Å². The molecule has 2 fully saturated rings. The first-order chi connectivity index (χ1) is 8.74. The largest absolute Gasteiger partial charge is 0.379 e. The molecule has 0 aromatic carbocycles. The summed E-state index contributed by atoms with van der Waals surface area (Å²) in [5, 5.41) is 3.66. The Morgan fingerprint density at radius 3 is 2.78 bits per heavy atom. The van der Waals surface area contributed by atoms with Crippen LogP contribution in [0.4, 0.5) is 0 Å². The Morgan fingerprint density at radius 1 is 1.22 bits per heavy atom. The molecule has 1 aliphatic carbocycles. The highest BCUT2D eigenvalue weighted by atomic mass is 16.5. The number of rotatable bonds is 9. The molecule has 1 saturated carbocycles. The molecule has 18 heavy (non-hydrogen) atoms. The molecule has 2 aliphatic rings. The standard InChI is InChI=1S/C15H30N2O/c1-13(2)18-10-4-3-8-17-9-7-14(12-17)11-16-15-5-6-15/h13-16H,3-12H2,1-2H3. The van der Waals surface area contributed by atoms with Gasteiger partial charge in [0.25, 0.3) is 0 Å². The molecule has 1 atom stereocenters. The zero-order chi connectivity index (χ0) is 12.8. The van der Waals surface area contributed by atoms with E-state index in [2.05, 4.69) is 24.1 Å². The summed E-state index contributed by atoms with van der Waals surface area (Å²) in [7, 11) is 0. The van der Waals surface area contributed by atoms with Crippen LogP contribution in [0.2, 0.25) is 0 Å². The van der Waals surface area contributed by atoms with E-state index in [4.69, 9.17) is 4.74 Å². The Bertz CT molecular complexity index is 229. The van der Waals surface area contributed by atoms with Crippen LogP contribution in [0.25, 0.3) is 0 Å². The highest BCUT2D eigenvalue weighted by molar-refractivity contribution is 4.84. The van der Waals surface area contributed by atoms with Gasteiger partial charge in [-0.2, -0.15) is 0 Å². The first-order valence-corrected chi connectivity index (χ1v) is 7.81. The van der Waals surface area contributed by atoms with E-state index in [0.29, 0.717) is 6.10 Å². The Morgan fingerprint density at radius 2 is 2.06 bits per heavy atom. The van der Waals surface area contributed by atoms with Crippen LogP contribution in [-0.4, -0.2) is 49.8 Å². The summed E-state index contributed by atoms with van der Waals surface area (Å²) in [5.74, 6) is 0.900. The van der Waals surface area contributed by atoms with Crippen molar-refractivity contribution in [3.05, 3.63) is 0 Å². The van der Waals surface area contributed by atoms with Crippen molar-refractivity contribution < 1.29 is 4.74 Å². The third-order valence-electron chi connectivity index (χ3n) is 3.96. The quantitative estimate of drug-likeness (QED) is 0.639. The van der Waals surface area contributed by atoms with Gasteiger partial charge in [0.1, 0.15) is 0 Å². The van der Waals surface area contributed by atoms with Crippen molar-refractivity contribution in [2.45, 2.75) is 58.1 Å². The Labute approximate surface area is 112 Å². The van der Waals surface area contributed by atoms with E-state index in [1.54, 1.807) is 0 Å². The Hall–Kier alpha value is -0.120. The first-order valence-electron chi connectivity index (χ1n) is 7.81. The topological polar surface area (TPSA) is 24.5 Å². The van der Waals surface area contributed by atoms with Crippen molar-refractivity contribution >= 4 is 0 Å². The van der Waals surface area contributed by atoms with E-state index in [9.17, 15) is 0 Å². The van der Waals surface area contributed by atoms with E-state index in [0.717, 1.165) is 18.6 Å². The SMILES string of the molecule is CC(C)OCCCCN1CCC(CNC2CC2)C1. The van der Waals surface area contributed by atoms with Gasteiger partial charge in [0.2, 0.25) is 0 Å². The molecule has 0 bridgehead atoms. The van der Waals surface area contributed by atoms with Gasteiger partial charge in [0.15, 0.2) is 0 Å². The van der Waals surface area contributed by atoms with Gasteiger partial charge < -0.3 is 15.0 Å². The molecule has 106 valence electrons. The summed E-state index contributed by atoms with van der Waals surface area (Å²) in [5.41, 5.74) is 0. The maximum Gasteiger partial charge on any atom is 0.0518 e. The molecule has 0 aromatic rings. The van der Waals surface area contributed by atoms with Crippen molar-refractivity contribution in [1.82, 2.24) is 10.2 Å². The zero-order valence-corrected chi connectivity index (χ0v) is 12.2. The predicted octanol–water partition coefficient (Wildman–Crippen LogP) is 2.27. The molecule has 2 rings (SSSR count). The molecule has 1 unspecified atom stereocenters. The Kier molecular flexibility index (Phi) is 5.93. The van der Waals surface area contributed by atoms with E-state index in [-0.39, 0.29) is 0 Å². The third-order valence-corrected chi connectivity index (χ3v) is 3.96. The van der Waals surface area contributed by atoms with Crippen LogP contribution >= 0.6 is 0 Å². The van der Waals surface area contributed by atoms with E-state index in [1.165, 1.54) is 58.3 Å². The second-order valence-corrected chi connectivity index (χ2v) is 6.26. The monoisotopic (exact) mass is 254 g/mol. The molecule has 1 saturated heterocycles. The number of hydrogen-bond acceptors (Lipinski definition) is 3. The number of unbranched alkanes of at least 4 members (excludes halogenated alkanes) is 1. The van der Waals surface area contributed by atoms with Crippen LogP contribution in [0, 0.1) is 5.92 Å². The number of nitrogens with one attached hydrogen (secondary N) is 1. The van der Waals surface area contributed by atoms with Crippen molar-refractivity contribution in [3.63, 3.8) is 0 Å². The Balaban J connectivity index is 1.44. The van der Waals surface area contributed by atoms with Gasteiger partial charge >= 0.3 is 0 Å². The van der Waals surface area contributed by atoms with Gasteiger partial charge in [-0.25, -0.2) is 0 Å². The van der Waals surface area contributed by atoms with Gasteiger partial charge in [-0.05, 0) is 71.5 Å². The lowest BCUT2D eigenvalue weighted by Gasteiger charge is -2.16. The summed E-state index contributed by atoms with van der Waals surface area (Å²) in [6, 6.07) is 0.868. The maximum absolute atomic E-state index is 5.57. The van der Waals surface area contributed by atoms with Gasteiger partial charge in [0.05, 0.1) is 6.10 Å². The molecular formula is C15H30N2O. The molecule has 1 N–H and O–H groups in total. The molecule has 1 heterocycles. The van der Waals surface area contributed by atoms with E-state index in [1.807, 2.05) is 0 Å². The van der Waals surface area contributed by atoms with Gasteiger partial charge in [0, 0.05) is 19.2 Å². The number of ether oxygens (including phenoxy) is 1. The predicted molar refractivity (Wildman–Crippen MR) is 75.9 cm³/mol. The van der Waals surface area contributed by atoms with Crippen LogP contribution in [0.3, 0.4) is 0 Å². The average molecular weight is 254 g/mol.